The van der Waals surface area contributed by atoms with Crippen molar-refractivity contribution >= 4 is 17.7 Å². The summed E-state index contributed by atoms with van der Waals surface area (Å²) >= 11 is 1.20. The highest BCUT2D eigenvalue weighted by atomic mass is 32.2. The summed E-state index contributed by atoms with van der Waals surface area (Å²) in [6.45, 7) is 1.01. The van der Waals surface area contributed by atoms with E-state index in [4.69, 9.17) is 4.42 Å². The number of hydrogen-bond acceptors (Lipinski definition) is 6. The zero-order valence-electron chi connectivity index (χ0n) is 14.3. The summed E-state index contributed by atoms with van der Waals surface area (Å²) in [5.41, 5.74) is 0.570. The van der Waals surface area contributed by atoms with E-state index in [9.17, 15) is 13.6 Å². The van der Waals surface area contributed by atoms with E-state index in [0.29, 0.717) is 5.56 Å². The number of nitrogens with zero attached hydrogens (tertiary/aromatic N) is 3. The van der Waals surface area contributed by atoms with Crippen LogP contribution < -0.4 is 4.74 Å². The monoisotopic (exact) mass is 371 g/mol. The highest BCUT2D eigenvalue weighted by molar-refractivity contribution is 8.00. The Morgan fingerprint density at radius 3 is 2.36 bits per heavy atom. The molecule has 2 rings (SSSR count). The molecule has 1 unspecified atom stereocenters. The molecule has 136 valence electrons. The molecule has 9 heteroatoms. The lowest BCUT2D eigenvalue weighted by Gasteiger charge is -2.21. The molecule has 0 saturated carbocycles. The first-order valence-electron chi connectivity index (χ1n) is 7.54. The highest BCUT2D eigenvalue weighted by Crippen LogP contribution is 2.31. The van der Waals surface area contributed by atoms with Gasteiger partial charge in [0.2, 0.25) is 11.8 Å². The fraction of sp³-hybridized carbons (Fsp3) is 0.438. The number of halogens is 2. The maximum Gasteiger partial charge on any atom is 0.387 e. The zero-order valence-corrected chi connectivity index (χ0v) is 15.1. The van der Waals surface area contributed by atoms with Crippen molar-refractivity contribution in [2.75, 3.05) is 14.1 Å². The Bertz CT molecular complexity index is 705. The van der Waals surface area contributed by atoms with Gasteiger partial charge in [0.15, 0.2) is 0 Å². The van der Waals surface area contributed by atoms with Crippen LogP contribution in [-0.2, 0) is 4.79 Å². The molecule has 0 N–H and O–H groups in total. The Morgan fingerprint density at radius 1 is 1.20 bits per heavy atom. The second kappa shape index (κ2) is 8.28. The average molecular weight is 371 g/mol. The van der Waals surface area contributed by atoms with Crippen LogP contribution in [0.2, 0.25) is 0 Å². The Hall–Kier alpha value is -2.16. The molecule has 1 atom stereocenters. The smallest absolute Gasteiger partial charge is 0.387 e. The SMILES string of the molecule is CC(C)C(Sc1nnc(-c2ccc(OC(F)F)cc2)o1)C(=O)N(C)C. The van der Waals surface area contributed by atoms with Crippen molar-refractivity contribution in [1.29, 1.82) is 0 Å². The average Bonchev–Trinajstić information content (AvgIpc) is 3.00. The van der Waals surface area contributed by atoms with Gasteiger partial charge in [0.25, 0.3) is 5.22 Å². The van der Waals surface area contributed by atoms with Crippen LogP contribution in [0.4, 0.5) is 8.78 Å². The first kappa shape index (κ1) is 19.2. The summed E-state index contributed by atoms with van der Waals surface area (Å²) in [5.74, 6) is 0.338. The van der Waals surface area contributed by atoms with E-state index in [1.165, 1.54) is 28.8 Å². The van der Waals surface area contributed by atoms with Gasteiger partial charge in [0, 0.05) is 19.7 Å². The van der Waals surface area contributed by atoms with E-state index in [0.717, 1.165) is 0 Å². The fourth-order valence-electron chi connectivity index (χ4n) is 1.99. The standard InChI is InChI=1S/C16H19F2N3O3S/c1-9(2)12(14(22)21(3)4)25-16-20-19-13(24-16)10-5-7-11(8-6-10)23-15(17)18/h5-9,12,15H,1-4H3. The van der Waals surface area contributed by atoms with E-state index in [-0.39, 0.29) is 33.9 Å². The van der Waals surface area contributed by atoms with Crippen LogP contribution >= 0.6 is 11.8 Å². The third-order valence-electron chi connectivity index (χ3n) is 3.25. The minimum absolute atomic E-state index is 0.0340. The first-order valence-corrected chi connectivity index (χ1v) is 8.42. The molecular formula is C16H19F2N3O3S. The van der Waals surface area contributed by atoms with Gasteiger partial charge in [-0.15, -0.1) is 10.2 Å². The van der Waals surface area contributed by atoms with Gasteiger partial charge in [-0.3, -0.25) is 4.79 Å². The number of alkyl halides is 2. The van der Waals surface area contributed by atoms with Gasteiger partial charge >= 0.3 is 6.61 Å². The Kier molecular flexibility index (Phi) is 6.35. The topological polar surface area (TPSA) is 68.5 Å². The summed E-state index contributed by atoms with van der Waals surface area (Å²) in [6.07, 6.45) is 0. The first-order chi connectivity index (χ1) is 11.8. The lowest BCUT2D eigenvalue weighted by Crippen LogP contribution is -2.34. The number of hydrogen-bond donors (Lipinski definition) is 0. The van der Waals surface area contributed by atoms with E-state index < -0.39 is 6.61 Å². The van der Waals surface area contributed by atoms with Crippen LogP contribution in [0.5, 0.6) is 5.75 Å². The van der Waals surface area contributed by atoms with Crippen LogP contribution in [0.25, 0.3) is 11.5 Å². The Labute approximate surface area is 148 Å². The summed E-state index contributed by atoms with van der Waals surface area (Å²) in [4.78, 5) is 13.8. The van der Waals surface area contributed by atoms with Crippen molar-refractivity contribution in [1.82, 2.24) is 15.1 Å². The molecular weight excluding hydrogens is 352 g/mol. The van der Waals surface area contributed by atoms with Crippen LogP contribution in [0.1, 0.15) is 13.8 Å². The van der Waals surface area contributed by atoms with Crippen LogP contribution in [-0.4, -0.2) is 47.0 Å². The summed E-state index contributed by atoms with van der Waals surface area (Å²) in [5, 5.41) is 7.83. The van der Waals surface area contributed by atoms with Gasteiger partial charge in [-0.2, -0.15) is 8.78 Å². The third-order valence-corrected chi connectivity index (χ3v) is 4.62. The van der Waals surface area contributed by atoms with Crippen molar-refractivity contribution in [3.63, 3.8) is 0 Å². The molecule has 2 aromatic rings. The number of benzene rings is 1. The van der Waals surface area contributed by atoms with Crippen molar-refractivity contribution < 1.29 is 22.7 Å². The molecule has 0 radical (unpaired) electrons. The van der Waals surface area contributed by atoms with Crippen LogP contribution in [0, 0.1) is 5.92 Å². The van der Waals surface area contributed by atoms with E-state index >= 15 is 0 Å². The molecule has 25 heavy (non-hydrogen) atoms. The highest BCUT2D eigenvalue weighted by Gasteiger charge is 2.27. The van der Waals surface area contributed by atoms with Crippen LogP contribution in [0.3, 0.4) is 0 Å². The quantitative estimate of drug-likeness (QED) is 0.694. The number of carbonyl (C=O) groups excluding carboxylic acids is 1. The molecule has 0 spiro atoms. The molecule has 0 aliphatic carbocycles. The molecule has 0 saturated heterocycles. The molecule has 1 aromatic carbocycles. The fourth-order valence-corrected chi connectivity index (χ4v) is 3.00. The van der Waals surface area contributed by atoms with Gasteiger partial charge in [0.05, 0.1) is 5.25 Å². The minimum Gasteiger partial charge on any atom is -0.435 e. The summed E-state index contributed by atoms with van der Waals surface area (Å²) < 4.78 is 34.2. The second-order valence-electron chi connectivity index (χ2n) is 5.79. The maximum atomic E-state index is 12.2. The van der Waals surface area contributed by atoms with Crippen molar-refractivity contribution in [3.8, 4) is 17.2 Å². The van der Waals surface area contributed by atoms with E-state index in [1.54, 1.807) is 26.2 Å². The number of ether oxygens (including phenoxy) is 1. The van der Waals surface area contributed by atoms with Gasteiger partial charge < -0.3 is 14.1 Å². The predicted octanol–water partition coefficient (Wildman–Crippen LogP) is 3.54. The van der Waals surface area contributed by atoms with Crippen molar-refractivity contribution in [3.05, 3.63) is 24.3 Å². The third kappa shape index (κ3) is 5.15. The van der Waals surface area contributed by atoms with Gasteiger partial charge in [0.1, 0.15) is 5.75 Å². The minimum atomic E-state index is -2.88. The van der Waals surface area contributed by atoms with E-state index in [1.807, 2.05) is 13.8 Å². The molecule has 0 bridgehead atoms. The number of rotatable bonds is 7. The van der Waals surface area contributed by atoms with Gasteiger partial charge in [-0.1, -0.05) is 25.6 Å². The molecule has 1 amide bonds. The zero-order chi connectivity index (χ0) is 18.6. The summed E-state index contributed by atoms with van der Waals surface area (Å²) in [6, 6.07) is 5.88. The lowest BCUT2D eigenvalue weighted by atomic mass is 10.1. The molecule has 1 heterocycles. The van der Waals surface area contributed by atoms with Gasteiger partial charge in [-0.25, -0.2) is 0 Å². The van der Waals surface area contributed by atoms with Crippen molar-refractivity contribution in [2.45, 2.75) is 30.9 Å². The molecule has 0 fully saturated rings. The van der Waals surface area contributed by atoms with Crippen LogP contribution in [0.15, 0.2) is 33.9 Å². The lowest BCUT2D eigenvalue weighted by molar-refractivity contribution is -0.128. The predicted molar refractivity (Wildman–Crippen MR) is 89.5 cm³/mol. The molecule has 6 nitrogen and oxygen atoms in total. The second-order valence-corrected chi connectivity index (χ2v) is 6.88. The van der Waals surface area contributed by atoms with Gasteiger partial charge in [-0.05, 0) is 30.2 Å². The number of amides is 1. The Balaban J connectivity index is 2.12. The molecule has 0 aliphatic rings. The summed E-state index contributed by atoms with van der Waals surface area (Å²) in [7, 11) is 3.39. The number of carbonyl (C=O) groups is 1. The maximum absolute atomic E-state index is 12.2. The Morgan fingerprint density at radius 2 is 1.84 bits per heavy atom. The normalized spacial score (nSPS) is 12.5. The largest absolute Gasteiger partial charge is 0.435 e. The number of thioether (sulfide) groups is 1. The van der Waals surface area contributed by atoms with E-state index in [2.05, 4.69) is 14.9 Å². The van der Waals surface area contributed by atoms with Crippen molar-refractivity contribution in [2.24, 2.45) is 5.92 Å². The number of aromatic nitrogens is 2. The molecule has 0 aliphatic heterocycles. The molecule has 1 aromatic heterocycles.